The molecule has 0 bridgehead atoms. The third-order valence-corrected chi connectivity index (χ3v) is 17.2. The van der Waals surface area contributed by atoms with Gasteiger partial charge < -0.3 is 32.6 Å². The summed E-state index contributed by atoms with van der Waals surface area (Å²) in [6.45, 7) is 18.6. The minimum absolute atomic E-state index is 0.336. The monoisotopic (exact) mass is 513 g/mol. The van der Waals surface area contributed by atoms with Gasteiger partial charge in [0.25, 0.3) is 0 Å². The number of aliphatic hydroxyl groups is 2. The molecule has 0 fully saturated rings. The number of rotatable bonds is 15. The lowest BCUT2D eigenvalue weighted by molar-refractivity contribution is -0.149. The average Bonchev–Trinajstić information content (AvgIpc) is 2.51. The number of carbonyl (C=O) groups is 2. The van der Waals surface area contributed by atoms with E-state index in [-0.39, 0.29) is 6.61 Å². The Bertz CT molecular complexity index is 580. The van der Waals surface area contributed by atoms with Gasteiger partial charge in [0.05, 0.1) is 6.61 Å². The summed E-state index contributed by atoms with van der Waals surface area (Å²) < 4.78 is 24.2. The summed E-state index contributed by atoms with van der Waals surface area (Å²) in [5.41, 5.74) is 0. The smallest absolute Gasteiger partial charge is 0.315 e. The van der Waals surface area contributed by atoms with Crippen molar-refractivity contribution >= 4 is 45.6 Å². The Hall–Kier alpha value is -0.392. The molecule has 0 saturated carbocycles. The molecule has 184 valence electrons. The van der Waals surface area contributed by atoms with E-state index < -0.39 is 64.8 Å². The van der Waals surface area contributed by atoms with Crippen LogP contribution in [0.3, 0.4) is 0 Å². The van der Waals surface area contributed by atoms with Crippen LogP contribution in [0.2, 0.25) is 65.0 Å². The second kappa shape index (κ2) is 12.7. The Morgan fingerprint density at radius 3 is 1.94 bits per heavy atom. The molecule has 0 aliphatic rings. The summed E-state index contributed by atoms with van der Waals surface area (Å²) in [4.78, 5) is 23.5. The molecule has 9 nitrogen and oxygen atoms in total. The Kier molecular flexibility index (Phi) is 12.6. The number of hydrogen-bond donors (Lipinski definition) is 3. The SMILES string of the molecule is C[Si](C)(C)O[Si](C)(C)O[Si](C)(CCCNC(=O)CC(=O)OCC(O)CO)O[Si](C)(C)C. The van der Waals surface area contributed by atoms with Crippen molar-refractivity contribution in [2.45, 2.75) is 83.9 Å². The Balaban J connectivity index is 4.71. The van der Waals surface area contributed by atoms with Gasteiger partial charge in [0.15, 0.2) is 16.6 Å². The zero-order chi connectivity index (χ0) is 24.5. The third-order valence-electron chi connectivity index (χ3n) is 3.62. The van der Waals surface area contributed by atoms with E-state index >= 15 is 0 Å². The summed E-state index contributed by atoms with van der Waals surface area (Å²) in [5.74, 6) is -1.19. The van der Waals surface area contributed by atoms with Crippen molar-refractivity contribution in [3.8, 4) is 0 Å². The van der Waals surface area contributed by atoms with Crippen molar-refractivity contribution in [1.29, 1.82) is 0 Å². The molecule has 0 radical (unpaired) electrons. The fourth-order valence-corrected chi connectivity index (χ4v) is 21.1. The van der Waals surface area contributed by atoms with Gasteiger partial charge >= 0.3 is 23.1 Å². The number of hydrogen-bond acceptors (Lipinski definition) is 8. The van der Waals surface area contributed by atoms with Crippen LogP contribution in [0.15, 0.2) is 0 Å². The molecule has 2 atom stereocenters. The molecule has 0 spiro atoms. The maximum Gasteiger partial charge on any atom is 0.315 e. The molecular formula is C18H43NO8Si4. The summed E-state index contributed by atoms with van der Waals surface area (Å²) in [7, 11) is -8.49. The highest BCUT2D eigenvalue weighted by Crippen LogP contribution is 2.27. The molecule has 0 aromatic rings. The molecule has 13 heteroatoms. The molecule has 2 unspecified atom stereocenters. The third kappa shape index (κ3) is 16.8. The first kappa shape index (κ1) is 30.6. The lowest BCUT2D eigenvalue weighted by atomic mass is 10.3. The van der Waals surface area contributed by atoms with Gasteiger partial charge in [-0.1, -0.05) is 0 Å². The number of ether oxygens (including phenoxy) is 1. The lowest BCUT2D eigenvalue weighted by Crippen LogP contribution is -2.56. The molecule has 0 rings (SSSR count). The highest BCUT2D eigenvalue weighted by atomic mass is 28.5. The standard InChI is InChI=1S/C18H43NO8Si4/c1-28(2,3)25-30(7,8)27-31(9,26-29(4,5)6)12-10-11-19-17(22)13-18(23)24-15-16(21)14-20/h16,20-21H,10-15H2,1-9H3,(H,19,22). The van der Waals surface area contributed by atoms with Crippen molar-refractivity contribution in [2.24, 2.45) is 0 Å². The summed E-state index contributed by atoms with van der Waals surface area (Å²) in [6, 6.07) is 0.705. The highest BCUT2D eigenvalue weighted by Gasteiger charge is 2.44. The Labute approximate surface area is 191 Å². The molecule has 3 N–H and O–H groups in total. The highest BCUT2D eigenvalue weighted by molar-refractivity contribution is 6.89. The molecule has 31 heavy (non-hydrogen) atoms. The zero-order valence-electron chi connectivity index (χ0n) is 20.7. The topological polar surface area (TPSA) is 124 Å². The lowest BCUT2D eigenvalue weighted by Gasteiger charge is -2.41. The summed E-state index contributed by atoms with van der Waals surface area (Å²) >= 11 is 0. The molecule has 0 aromatic heterocycles. The largest absolute Gasteiger partial charge is 0.462 e. The number of esters is 1. The Morgan fingerprint density at radius 2 is 1.45 bits per heavy atom. The van der Waals surface area contributed by atoms with Crippen LogP contribution < -0.4 is 5.32 Å². The molecule has 1 amide bonds. The van der Waals surface area contributed by atoms with Gasteiger partial charge in [0, 0.05) is 6.54 Å². The van der Waals surface area contributed by atoms with Crippen molar-refractivity contribution in [3.63, 3.8) is 0 Å². The van der Waals surface area contributed by atoms with Crippen molar-refractivity contribution in [1.82, 2.24) is 5.32 Å². The van der Waals surface area contributed by atoms with E-state index in [0.29, 0.717) is 19.0 Å². The van der Waals surface area contributed by atoms with Crippen LogP contribution in [-0.2, 0) is 26.7 Å². The van der Waals surface area contributed by atoms with Gasteiger partial charge in [-0.3, -0.25) is 9.59 Å². The van der Waals surface area contributed by atoms with Crippen molar-refractivity contribution < 1.29 is 36.9 Å². The predicted octanol–water partition coefficient (Wildman–Crippen LogP) is 2.27. The average molecular weight is 514 g/mol. The fourth-order valence-electron chi connectivity index (χ4n) is 3.17. The van der Waals surface area contributed by atoms with Gasteiger partial charge in [-0.05, 0) is 71.4 Å². The second-order valence-electron chi connectivity index (χ2n) is 10.2. The zero-order valence-corrected chi connectivity index (χ0v) is 24.7. The quantitative estimate of drug-likeness (QED) is 0.132. The van der Waals surface area contributed by atoms with E-state index in [1.807, 2.05) is 0 Å². The summed E-state index contributed by atoms with van der Waals surface area (Å²) in [6.07, 6.45) is -0.911. The molecule has 0 aliphatic carbocycles. The van der Waals surface area contributed by atoms with Gasteiger partial charge in [-0.25, -0.2) is 0 Å². The predicted molar refractivity (Wildman–Crippen MR) is 130 cm³/mol. The van der Waals surface area contributed by atoms with Crippen LogP contribution in [-0.4, -0.2) is 81.7 Å². The minimum atomic E-state index is -2.53. The van der Waals surface area contributed by atoms with E-state index in [1.165, 1.54) is 0 Å². The first-order valence-electron chi connectivity index (χ1n) is 10.7. The van der Waals surface area contributed by atoms with E-state index in [1.54, 1.807) is 0 Å². The van der Waals surface area contributed by atoms with E-state index in [9.17, 15) is 9.59 Å². The van der Waals surface area contributed by atoms with Gasteiger partial charge in [-0.15, -0.1) is 0 Å². The van der Waals surface area contributed by atoms with Gasteiger partial charge in [-0.2, -0.15) is 0 Å². The van der Waals surface area contributed by atoms with Crippen LogP contribution in [0.4, 0.5) is 0 Å². The molecule has 0 aromatic carbocycles. The molecule has 0 heterocycles. The number of nitrogens with one attached hydrogen (secondary N) is 1. The van der Waals surface area contributed by atoms with Crippen LogP contribution in [0.25, 0.3) is 0 Å². The molecular weight excluding hydrogens is 471 g/mol. The number of carbonyl (C=O) groups excluding carboxylic acids is 2. The van der Waals surface area contributed by atoms with E-state index in [0.717, 1.165) is 0 Å². The van der Waals surface area contributed by atoms with Crippen LogP contribution in [0.5, 0.6) is 0 Å². The van der Waals surface area contributed by atoms with Crippen LogP contribution in [0, 0.1) is 0 Å². The normalized spacial score (nSPS) is 15.8. The van der Waals surface area contributed by atoms with Gasteiger partial charge in [0.2, 0.25) is 5.91 Å². The molecule has 0 aliphatic heterocycles. The van der Waals surface area contributed by atoms with E-state index in [2.05, 4.69) is 64.2 Å². The van der Waals surface area contributed by atoms with Crippen LogP contribution >= 0.6 is 0 Å². The molecule has 0 saturated heterocycles. The maximum atomic E-state index is 11.9. The minimum Gasteiger partial charge on any atom is -0.462 e. The Morgan fingerprint density at radius 1 is 0.903 bits per heavy atom. The first-order valence-corrected chi connectivity index (χ1v) is 22.8. The van der Waals surface area contributed by atoms with Crippen LogP contribution in [0.1, 0.15) is 12.8 Å². The van der Waals surface area contributed by atoms with Crippen molar-refractivity contribution in [3.05, 3.63) is 0 Å². The maximum absolute atomic E-state index is 11.9. The number of amides is 1. The second-order valence-corrected chi connectivity index (χ2v) is 26.7. The van der Waals surface area contributed by atoms with Crippen molar-refractivity contribution in [2.75, 3.05) is 19.8 Å². The van der Waals surface area contributed by atoms with E-state index in [4.69, 9.17) is 27.3 Å². The fraction of sp³-hybridized carbons (Fsp3) is 0.889. The first-order chi connectivity index (χ1) is 13.9. The van der Waals surface area contributed by atoms with Gasteiger partial charge in [0.1, 0.15) is 19.1 Å². The number of aliphatic hydroxyl groups excluding tert-OH is 2. The summed E-state index contributed by atoms with van der Waals surface area (Å²) in [5, 5.41) is 20.6.